The summed E-state index contributed by atoms with van der Waals surface area (Å²) in [6.45, 7) is 0.999. The van der Waals surface area contributed by atoms with Crippen LogP contribution in [-0.2, 0) is 20.9 Å². The van der Waals surface area contributed by atoms with Crippen LogP contribution in [0.5, 0.6) is 11.5 Å². The fourth-order valence-electron chi connectivity index (χ4n) is 2.39. The van der Waals surface area contributed by atoms with E-state index >= 15 is 0 Å². The molecule has 0 bridgehead atoms. The van der Waals surface area contributed by atoms with Crippen LogP contribution in [0.25, 0.3) is 0 Å². The summed E-state index contributed by atoms with van der Waals surface area (Å²) in [4.78, 5) is 23.3. The topological polar surface area (TPSA) is 98.2 Å². The van der Waals surface area contributed by atoms with Crippen LogP contribution in [0.1, 0.15) is 17.5 Å². The van der Waals surface area contributed by atoms with E-state index in [1.807, 2.05) is 0 Å². The SMILES string of the molecule is COCCCNC(=O)C(=O)N/N=C\c1ccc(OCc2cccc(F)c2)c(OC)c1. The highest BCUT2D eigenvalue weighted by Gasteiger charge is 2.11. The molecule has 160 valence electrons. The second-order valence-electron chi connectivity index (χ2n) is 6.13. The van der Waals surface area contributed by atoms with Gasteiger partial charge in [0.15, 0.2) is 11.5 Å². The minimum atomic E-state index is -0.870. The van der Waals surface area contributed by atoms with E-state index in [1.165, 1.54) is 25.5 Å². The van der Waals surface area contributed by atoms with E-state index in [9.17, 15) is 14.0 Å². The van der Waals surface area contributed by atoms with Gasteiger partial charge in [0.2, 0.25) is 0 Å². The quantitative estimate of drug-likeness (QED) is 0.267. The van der Waals surface area contributed by atoms with Crippen molar-refractivity contribution in [3.63, 3.8) is 0 Å². The average Bonchev–Trinajstić information content (AvgIpc) is 2.75. The molecule has 0 spiro atoms. The zero-order valence-corrected chi connectivity index (χ0v) is 16.8. The van der Waals surface area contributed by atoms with Crippen LogP contribution in [0.15, 0.2) is 47.6 Å². The summed E-state index contributed by atoms with van der Waals surface area (Å²) in [7, 11) is 3.04. The van der Waals surface area contributed by atoms with Crippen LogP contribution in [0, 0.1) is 5.82 Å². The van der Waals surface area contributed by atoms with Crippen molar-refractivity contribution in [2.45, 2.75) is 13.0 Å². The molecule has 2 N–H and O–H groups in total. The number of halogens is 1. The molecule has 30 heavy (non-hydrogen) atoms. The summed E-state index contributed by atoms with van der Waals surface area (Å²) >= 11 is 0. The average molecular weight is 417 g/mol. The van der Waals surface area contributed by atoms with Crippen LogP contribution in [0.2, 0.25) is 0 Å². The van der Waals surface area contributed by atoms with Crippen molar-refractivity contribution in [1.82, 2.24) is 10.7 Å². The van der Waals surface area contributed by atoms with Gasteiger partial charge in [-0.15, -0.1) is 0 Å². The molecule has 0 unspecified atom stereocenters. The van der Waals surface area contributed by atoms with Crippen LogP contribution >= 0.6 is 0 Å². The first kappa shape index (κ1) is 22.8. The zero-order valence-electron chi connectivity index (χ0n) is 16.8. The molecule has 0 aliphatic carbocycles. The van der Waals surface area contributed by atoms with Gasteiger partial charge in [0.05, 0.1) is 13.3 Å². The fraction of sp³-hybridized carbons (Fsp3) is 0.286. The van der Waals surface area contributed by atoms with E-state index in [0.29, 0.717) is 42.2 Å². The highest BCUT2D eigenvalue weighted by atomic mass is 19.1. The van der Waals surface area contributed by atoms with Crippen LogP contribution in [0.3, 0.4) is 0 Å². The molecule has 0 heterocycles. The first-order chi connectivity index (χ1) is 14.5. The fourth-order valence-corrected chi connectivity index (χ4v) is 2.39. The Morgan fingerprint density at radius 1 is 1.10 bits per heavy atom. The van der Waals surface area contributed by atoms with Gasteiger partial charge in [-0.2, -0.15) is 5.10 Å². The Hall–Kier alpha value is -3.46. The van der Waals surface area contributed by atoms with Gasteiger partial charge in [-0.25, -0.2) is 9.82 Å². The second-order valence-corrected chi connectivity index (χ2v) is 6.13. The number of nitrogens with zero attached hydrogens (tertiary/aromatic N) is 1. The van der Waals surface area contributed by atoms with Gasteiger partial charge < -0.3 is 19.5 Å². The van der Waals surface area contributed by atoms with Crippen molar-refractivity contribution >= 4 is 18.0 Å². The van der Waals surface area contributed by atoms with E-state index in [1.54, 1.807) is 37.4 Å². The van der Waals surface area contributed by atoms with Crippen molar-refractivity contribution in [2.24, 2.45) is 5.10 Å². The van der Waals surface area contributed by atoms with Crippen LogP contribution in [-0.4, -0.2) is 45.4 Å². The van der Waals surface area contributed by atoms with E-state index < -0.39 is 11.8 Å². The lowest BCUT2D eigenvalue weighted by atomic mass is 10.2. The molecule has 0 radical (unpaired) electrons. The third-order valence-corrected chi connectivity index (χ3v) is 3.87. The number of ether oxygens (including phenoxy) is 3. The predicted molar refractivity (Wildman–Crippen MR) is 109 cm³/mol. The number of hydrogen-bond acceptors (Lipinski definition) is 6. The van der Waals surface area contributed by atoms with Gasteiger partial charge in [-0.3, -0.25) is 9.59 Å². The van der Waals surface area contributed by atoms with Gasteiger partial charge >= 0.3 is 11.8 Å². The van der Waals surface area contributed by atoms with E-state index in [4.69, 9.17) is 14.2 Å². The maximum atomic E-state index is 13.3. The van der Waals surface area contributed by atoms with Crippen molar-refractivity contribution in [1.29, 1.82) is 0 Å². The van der Waals surface area contributed by atoms with Gasteiger partial charge in [0.25, 0.3) is 0 Å². The summed E-state index contributed by atoms with van der Waals surface area (Å²) in [6.07, 6.45) is 1.97. The number of rotatable bonds is 10. The zero-order chi connectivity index (χ0) is 21.8. The predicted octanol–water partition coefficient (Wildman–Crippen LogP) is 2.02. The Morgan fingerprint density at radius 2 is 1.93 bits per heavy atom. The summed E-state index contributed by atoms with van der Waals surface area (Å²) < 4.78 is 29.1. The molecule has 0 saturated heterocycles. The van der Waals surface area contributed by atoms with E-state index in [2.05, 4.69) is 15.8 Å². The summed E-state index contributed by atoms with van der Waals surface area (Å²) in [5.74, 6) is -1.07. The molecular weight excluding hydrogens is 393 g/mol. The number of methoxy groups -OCH3 is 2. The first-order valence-electron chi connectivity index (χ1n) is 9.19. The Balaban J connectivity index is 1.89. The maximum absolute atomic E-state index is 13.3. The standard InChI is InChI=1S/C21H24FN3O5/c1-28-10-4-9-23-20(26)21(27)25-24-13-15-7-8-18(19(12-15)29-2)30-14-16-5-3-6-17(22)11-16/h3,5-8,11-13H,4,9-10,14H2,1-2H3,(H,23,26)(H,25,27)/b24-13-. The molecule has 8 nitrogen and oxygen atoms in total. The molecule has 0 aliphatic rings. The number of amides is 2. The maximum Gasteiger partial charge on any atom is 0.329 e. The molecule has 2 aromatic rings. The minimum Gasteiger partial charge on any atom is -0.493 e. The Kier molecular flexibility index (Phi) is 9.26. The minimum absolute atomic E-state index is 0.178. The van der Waals surface area contributed by atoms with Gasteiger partial charge in [-0.1, -0.05) is 12.1 Å². The highest BCUT2D eigenvalue weighted by molar-refractivity contribution is 6.35. The number of carbonyl (C=O) groups is 2. The molecule has 0 atom stereocenters. The molecule has 0 saturated carbocycles. The molecule has 0 fully saturated rings. The number of hydrogen-bond donors (Lipinski definition) is 2. The molecule has 2 rings (SSSR count). The number of nitrogens with one attached hydrogen (secondary N) is 2. The number of hydrazone groups is 1. The summed E-state index contributed by atoms with van der Waals surface area (Å²) in [5, 5.41) is 6.22. The Labute approximate surface area is 174 Å². The number of carbonyl (C=O) groups excluding carboxylic acids is 2. The highest BCUT2D eigenvalue weighted by Crippen LogP contribution is 2.28. The lowest BCUT2D eigenvalue weighted by Crippen LogP contribution is -2.38. The number of benzene rings is 2. The van der Waals surface area contributed by atoms with Crippen LogP contribution < -0.4 is 20.2 Å². The normalized spacial score (nSPS) is 10.6. The third kappa shape index (κ3) is 7.51. The smallest absolute Gasteiger partial charge is 0.329 e. The lowest BCUT2D eigenvalue weighted by Gasteiger charge is -2.11. The monoisotopic (exact) mass is 417 g/mol. The van der Waals surface area contributed by atoms with E-state index in [-0.39, 0.29) is 12.4 Å². The van der Waals surface area contributed by atoms with Crippen molar-refractivity contribution in [3.05, 3.63) is 59.4 Å². The molecule has 9 heteroatoms. The Bertz CT molecular complexity index is 889. The molecule has 2 amide bonds. The largest absolute Gasteiger partial charge is 0.493 e. The molecule has 2 aromatic carbocycles. The van der Waals surface area contributed by atoms with Gasteiger partial charge in [0.1, 0.15) is 12.4 Å². The second kappa shape index (κ2) is 12.2. The molecular formula is C21H24FN3O5. The third-order valence-electron chi connectivity index (χ3n) is 3.87. The van der Waals surface area contributed by atoms with Gasteiger partial charge in [0, 0.05) is 20.3 Å². The lowest BCUT2D eigenvalue weighted by molar-refractivity contribution is -0.139. The summed E-state index contributed by atoms with van der Waals surface area (Å²) in [6, 6.07) is 11.1. The van der Waals surface area contributed by atoms with E-state index in [0.717, 1.165) is 0 Å². The van der Waals surface area contributed by atoms with Crippen molar-refractivity contribution < 1.29 is 28.2 Å². The first-order valence-corrected chi connectivity index (χ1v) is 9.19. The van der Waals surface area contributed by atoms with Gasteiger partial charge in [-0.05, 0) is 47.9 Å². The van der Waals surface area contributed by atoms with Crippen molar-refractivity contribution in [2.75, 3.05) is 27.4 Å². The Morgan fingerprint density at radius 3 is 2.67 bits per heavy atom. The van der Waals surface area contributed by atoms with Crippen molar-refractivity contribution in [3.8, 4) is 11.5 Å². The van der Waals surface area contributed by atoms with Crippen LogP contribution in [0.4, 0.5) is 4.39 Å². The summed E-state index contributed by atoms with van der Waals surface area (Å²) in [5.41, 5.74) is 3.46. The molecule has 0 aliphatic heterocycles. The molecule has 0 aromatic heterocycles.